The van der Waals surface area contributed by atoms with Crippen molar-refractivity contribution in [2.75, 3.05) is 0 Å². The Hall–Kier alpha value is -2.69. The Labute approximate surface area is 128 Å². The van der Waals surface area contributed by atoms with Gasteiger partial charge in [0.05, 0.1) is 10.5 Å². The number of hydrogen-bond donors (Lipinski definition) is 1. The van der Waals surface area contributed by atoms with Crippen molar-refractivity contribution in [3.05, 3.63) is 69.3 Å². The summed E-state index contributed by atoms with van der Waals surface area (Å²) in [5.41, 5.74) is 1.19. The Morgan fingerprint density at radius 3 is 2.18 bits per heavy atom. The average Bonchev–Trinajstić information content (AvgIpc) is 2.46. The van der Waals surface area contributed by atoms with E-state index in [4.69, 9.17) is 0 Å². The number of aromatic hydroxyl groups is 1. The van der Waals surface area contributed by atoms with Gasteiger partial charge in [0.1, 0.15) is 5.75 Å². The molecular formula is C17H17NO4. The lowest BCUT2D eigenvalue weighted by Crippen LogP contribution is -2.12. The van der Waals surface area contributed by atoms with Crippen molar-refractivity contribution >= 4 is 11.5 Å². The van der Waals surface area contributed by atoms with Crippen LogP contribution in [0.2, 0.25) is 0 Å². The van der Waals surface area contributed by atoms with E-state index in [9.17, 15) is 20.0 Å². The minimum absolute atomic E-state index is 0.0794. The number of benzene rings is 2. The quantitative estimate of drug-likeness (QED) is 0.530. The van der Waals surface area contributed by atoms with Crippen molar-refractivity contribution in [1.29, 1.82) is 0 Å². The molecule has 5 nitrogen and oxygen atoms in total. The molecule has 0 amide bonds. The van der Waals surface area contributed by atoms with Gasteiger partial charge in [0.15, 0.2) is 5.78 Å². The third-order valence-corrected chi connectivity index (χ3v) is 3.45. The van der Waals surface area contributed by atoms with Crippen molar-refractivity contribution in [1.82, 2.24) is 0 Å². The lowest BCUT2D eigenvalue weighted by Gasteiger charge is -2.20. The van der Waals surface area contributed by atoms with Crippen LogP contribution in [0.3, 0.4) is 0 Å². The molecule has 0 spiro atoms. The smallest absolute Gasteiger partial charge is 0.269 e. The van der Waals surface area contributed by atoms with E-state index in [-0.39, 0.29) is 28.2 Å². The van der Waals surface area contributed by atoms with E-state index in [0.717, 1.165) is 5.56 Å². The number of hydrogen-bond acceptors (Lipinski definition) is 4. The van der Waals surface area contributed by atoms with Crippen LogP contribution in [0.15, 0.2) is 42.5 Å². The number of carbonyl (C=O) groups excluding carboxylic acids is 1. The molecule has 22 heavy (non-hydrogen) atoms. The second-order valence-corrected chi connectivity index (χ2v) is 6.12. The largest absolute Gasteiger partial charge is 0.507 e. The zero-order valence-corrected chi connectivity index (χ0v) is 12.7. The number of nitro benzene ring substituents is 1. The third-order valence-electron chi connectivity index (χ3n) is 3.45. The first-order valence-electron chi connectivity index (χ1n) is 6.83. The van der Waals surface area contributed by atoms with Crippen LogP contribution < -0.4 is 0 Å². The van der Waals surface area contributed by atoms with E-state index in [0.29, 0.717) is 5.56 Å². The predicted octanol–water partition coefficient (Wildman–Crippen LogP) is 3.83. The van der Waals surface area contributed by atoms with Crippen LogP contribution in [-0.2, 0) is 5.41 Å². The van der Waals surface area contributed by atoms with Crippen LogP contribution in [0.4, 0.5) is 5.69 Å². The highest BCUT2D eigenvalue weighted by Crippen LogP contribution is 2.29. The zero-order valence-electron chi connectivity index (χ0n) is 12.7. The van der Waals surface area contributed by atoms with E-state index in [1.54, 1.807) is 12.1 Å². The van der Waals surface area contributed by atoms with Gasteiger partial charge < -0.3 is 5.11 Å². The molecule has 0 bridgehead atoms. The fourth-order valence-electron chi connectivity index (χ4n) is 2.07. The lowest BCUT2D eigenvalue weighted by molar-refractivity contribution is -0.384. The van der Waals surface area contributed by atoms with Gasteiger partial charge in [-0.25, -0.2) is 0 Å². The van der Waals surface area contributed by atoms with Gasteiger partial charge in [-0.1, -0.05) is 26.8 Å². The molecule has 2 rings (SSSR count). The standard InChI is InChI=1S/C17H17NO4/c1-17(2,3)12-6-9-15(19)14(10-12)16(20)11-4-7-13(8-5-11)18(21)22/h4-10,19H,1-3H3. The Morgan fingerprint density at radius 1 is 1.09 bits per heavy atom. The third kappa shape index (κ3) is 3.14. The van der Waals surface area contributed by atoms with Crippen molar-refractivity contribution in [2.24, 2.45) is 0 Å². The normalized spacial score (nSPS) is 11.2. The molecule has 114 valence electrons. The van der Waals surface area contributed by atoms with E-state index < -0.39 is 4.92 Å². The Kier molecular flexibility index (Phi) is 3.99. The van der Waals surface area contributed by atoms with E-state index in [1.165, 1.54) is 30.3 Å². The number of nitro groups is 1. The van der Waals surface area contributed by atoms with Crippen molar-refractivity contribution in [3.8, 4) is 5.75 Å². The van der Waals surface area contributed by atoms with Gasteiger partial charge in [-0.05, 0) is 35.2 Å². The molecule has 0 atom stereocenters. The molecular weight excluding hydrogens is 282 g/mol. The fourth-order valence-corrected chi connectivity index (χ4v) is 2.07. The average molecular weight is 299 g/mol. The lowest BCUT2D eigenvalue weighted by atomic mass is 9.85. The molecule has 0 saturated carbocycles. The molecule has 0 aliphatic rings. The molecule has 0 heterocycles. The number of nitrogens with zero attached hydrogens (tertiary/aromatic N) is 1. The molecule has 0 unspecified atom stereocenters. The predicted molar refractivity (Wildman–Crippen MR) is 83.3 cm³/mol. The van der Waals surface area contributed by atoms with Gasteiger partial charge >= 0.3 is 0 Å². The molecule has 2 aromatic rings. The minimum atomic E-state index is -0.522. The number of non-ortho nitro benzene ring substituents is 1. The maximum Gasteiger partial charge on any atom is 0.269 e. The maximum absolute atomic E-state index is 12.5. The van der Waals surface area contributed by atoms with Crippen LogP contribution in [0.25, 0.3) is 0 Å². The second kappa shape index (κ2) is 5.60. The molecule has 0 saturated heterocycles. The highest BCUT2D eigenvalue weighted by atomic mass is 16.6. The summed E-state index contributed by atoms with van der Waals surface area (Å²) in [6.45, 7) is 6.04. The van der Waals surface area contributed by atoms with Crippen LogP contribution >= 0.6 is 0 Å². The first-order chi connectivity index (χ1) is 10.2. The van der Waals surface area contributed by atoms with E-state index in [2.05, 4.69) is 0 Å². The van der Waals surface area contributed by atoms with Gasteiger partial charge in [0.25, 0.3) is 5.69 Å². The summed E-state index contributed by atoms with van der Waals surface area (Å²) >= 11 is 0. The van der Waals surface area contributed by atoms with E-state index in [1.807, 2.05) is 20.8 Å². The number of rotatable bonds is 3. The van der Waals surface area contributed by atoms with Gasteiger partial charge in [-0.3, -0.25) is 14.9 Å². The number of carbonyl (C=O) groups is 1. The van der Waals surface area contributed by atoms with Gasteiger partial charge in [-0.2, -0.15) is 0 Å². The van der Waals surface area contributed by atoms with Gasteiger partial charge in [0, 0.05) is 17.7 Å². The maximum atomic E-state index is 12.5. The Morgan fingerprint density at radius 2 is 1.68 bits per heavy atom. The van der Waals surface area contributed by atoms with E-state index >= 15 is 0 Å². The SMILES string of the molecule is CC(C)(C)c1ccc(O)c(C(=O)c2ccc([N+](=O)[O-])cc2)c1. The summed E-state index contributed by atoms with van der Waals surface area (Å²) in [7, 11) is 0. The highest BCUT2D eigenvalue weighted by molar-refractivity contribution is 6.10. The topological polar surface area (TPSA) is 80.4 Å². The number of ketones is 1. The monoisotopic (exact) mass is 299 g/mol. The molecule has 0 aliphatic carbocycles. The summed E-state index contributed by atoms with van der Waals surface area (Å²) in [5, 5.41) is 20.6. The second-order valence-electron chi connectivity index (χ2n) is 6.12. The molecule has 0 radical (unpaired) electrons. The van der Waals surface area contributed by atoms with Crippen LogP contribution in [-0.4, -0.2) is 15.8 Å². The Bertz CT molecular complexity index is 727. The minimum Gasteiger partial charge on any atom is -0.507 e. The Balaban J connectivity index is 2.42. The molecule has 0 fully saturated rings. The summed E-state index contributed by atoms with van der Waals surface area (Å²) in [6, 6.07) is 10.3. The molecule has 2 aromatic carbocycles. The molecule has 1 N–H and O–H groups in total. The summed E-state index contributed by atoms with van der Waals surface area (Å²) in [4.78, 5) is 22.6. The summed E-state index contributed by atoms with van der Waals surface area (Å²) in [5.74, 6) is -0.463. The first-order valence-corrected chi connectivity index (χ1v) is 6.83. The van der Waals surface area contributed by atoms with Gasteiger partial charge in [0.2, 0.25) is 0 Å². The van der Waals surface area contributed by atoms with Crippen LogP contribution in [0.5, 0.6) is 5.75 Å². The number of phenols is 1. The fraction of sp³-hybridized carbons (Fsp3) is 0.235. The molecule has 5 heteroatoms. The summed E-state index contributed by atoms with van der Waals surface area (Å²) < 4.78 is 0. The van der Waals surface area contributed by atoms with Crippen LogP contribution in [0, 0.1) is 10.1 Å². The first kappa shape index (κ1) is 15.7. The zero-order chi connectivity index (χ0) is 16.5. The molecule has 0 aromatic heterocycles. The highest BCUT2D eigenvalue weighted by Gasteiger charge is 2.20. The van der Waals surface area contributed by atoms with Crippen molar-refractivity contribution < 1.29 is 14.8 Å². The molecule has 0 aliphatic heterocycles. The van der Waals surface area contributed by atoms with Crippen LogP contribution in [0.1, 0.15) is 42.3 Å². The van der Waals surface area contributed by atoms with Gasteiger partial charge in [-0.15, -0.1) is 0 Å². The summed E-state index contributed by atoms with van der Waals surface area (Å²) in [6.07, 6.45) is 0. The number of phenolic OH excluding ortho intramolecular Hbond substituents is 1. The van der Waals surface area contributed by atoms with Crippen molar-refractivity contribution in [3.63, 3.8) is 0 Å². The van der Waals surface area contributed by atoms with Crippen molar-refractivity contribution in [2.45, 2.75) is 26.2 Å².